The van der Waals surface area contributed by atoms with Gasteiger partial charge in [-0.1, -0.05) is 11.6 Å². The molecule has 0 aliphatic carbocycles. The summed E-state index contributed by atoms with van der Waals surface area (Å²) in [7, 11) is 1.95. The molecule has 0 radical (unpaired) electrons. The molecule has 0 atom stereocenters. The number of carbonyl (C=O) groups is 1. The van der Waals surface area contributed by atoms with Gasteiger partial charge < -0.3 is 14.7 Å². The van der Waals surface area contributed by atoms with Crippen molar-refractivity contribution in [2.75, 3.05) is 26.8 Å². The molecule has 2 heterocycles. The van der Waals surface area contributed by atoms with Crippen molar-refractivity contribution in [1.29, 1.82) is 0 Å². The number of carboxylic acid groups (broad SMARTS) is 1. The van der Waals surface area contributed by atoms with Crippen LogP contribution in [-0.4, -0.2) is 42.8 Å². The first-order valence-electron chi connectivity index (χ1n) is 6.26. The molecule has 1 aliphatic heterocycles. The summed E-state index contributed by atoms with van der Waals surface area (Å²) in [5.74, 6) is -0.716. The van der Waals surface area contributed by atoms with Gasteiger partial charge in [-0.2, -0.15) is 0 Å². The number of carboxylic acids is 1. The standard InChI is InChI=1S/C13H18ClNO3S/c1-15(8-10-2-3-11(14)19-10)9-13(12(16)17)4-6-18-7-5-13/h2-3H,4-9H2,1H3,(H,16,17). The Morgan fingerprint density at radius 2 is 2.21 bits per heavy atom. The third kappa shape index (κ3) is 3.69. The van der Waals surface area contributed by atoms with Gasteiger partial charge in [0.25, 0.3) is 0 Å². The smallest absolute Gasteiger partial charge is 0.311 e. The molecule has 0 unspecified atom stereocenters. The van der Waals surface area contributed by atoms with Crippen molar-refractivity contribution in [2.24, 2.45) is 5.41 Å². The van der Waals surface area contributed by atoms with Gasteiger partial charge in [-0.3, -0.25) is 4.79 Å². The number of ether oxygens (including phenoxy) is 1. The molecule has 6 heteroatoms. The Kier molecular flexibility index (Phi) is 4.84. The van der Waals surface area contributed by atoms with E-state index >= 15 is 0 Å². The average Bonchev–Trinajstić information content (AvgIpc) is 2.75. The van der Waals surface area contributed by atoms with Crippen molar-refractivity contribution in [2.45, 2.75) is 19.4 Å². The highest BCUT2D eigenvalue weighted by atomic mass is 35.5. The molecule has 1 aliphatic rings. The zero-order valence-electron chi connectivity index (χ0n) is 10.9. The summed E-state index contributed by atoms with van der Waals surface area (Å²) in [6.45, 7) is 2.34. The molecule has 0 aromatic carbocycles. The van der Waals surface area contributed by atoms with E-state index < -0.39 is 11.4 Å². The van der Waals surface area contributed by atoms with Gasteiger partial charge in [-0.25, -0.2) is 0 Å². The molecular formula is C13H18ClNO3S. The third-order valence-corrected chi connectivity index (χ3v) is 4.75. The first kappa shape index (κ1) is 14.8. The molecule has 0 amide bonds. The van der Waals surface area contributed by atoms with E-state index in [4.69, 9.17) is 16.3 Å². The molecule has 19 heavy (non-hydrogen) atoms. The van der Waals surface area contributed by atoms with Gasteiger partial charge in [0.1, 0.15) is 0 Å². The Bertz CT molecular complexity index is 443. The van der Waals surface area contributed by atoms with Crippen LogP contribution in [0.4, 0.5) is 0 Å². The molecule has 1 fully saturated rings. The van der Waals surface area contributed by atoms with Gasteiger partial charge in [0.05, 0.1) is 9.75 Å². The summed E-state index contributed by atoms with van der Waals surface area (Å²) in [5, 5.41) is 9.51. The Labute approximate surface area is 121 Å². The van der Waals surface area contributed by atoms with Crippen LogP contribution in [0, 0.1) is 5.41 Å². The first-order valence-corrected chi connectivity index (χ1v) is 7.45. The lowest BCUT2D eigenvalue weighted by molar-refractivity contribution is -0.156. The fraction of sp³-hybridized carbons (Fsp3) is 0.615. The number of aliphatic carboxylic acids is 1. The third-order valence-electron chi connectivity index (χ3n) is 3.53. The number of hydrogen-bond acceptors (Lipinski definition) is 4. The van der Waals surface area contributed by atoms with E-state index in [1.807, 2.05) is 19.2 Å². The molecule has 0 bridgehead atoms. The zero-order chi connectivity index (χ0) is 13.9. The number of thiophene rings is 1. The fourth-order valence-corrected chi connectivity index (χ4v) is 3.64. The van der Waals surface area contributed by atoms with Crippen LogP contribution in [0.2, 0.25) is 4.34 Å². The van der Waals surface area contributed by atoms with Crippen LogP contribution >= 0.6 is 22.9 Å². The van der Waals surface area contributed by atoms with Crippen LogP contribution in [0.15, 0.2) is 12.1 Å². The van der Waals surface area contributed by atoms with Gasteiger partial charge in [0.2, 0.25) is 0 Å². The number of hydrogen-bond donors (Lipinski definition) is 1. The topological polar surface area (TPSA) is 49.8 Å². The van der Waals surface area contributed by atoms with Gasteiger partial charge in [-0.15, -0.1) is 11.3 Å². The summed E-state index contributed by atoms with van der Waals surface area (Å²) < 4.78 is 6.05. The van der Waals surface area contributed by atoms with Crippen molar-refractivity contribution in [1.82, 2.24) is 4.90 Å². The number of halogens is 1. The monoisotopic (exact) mass is 303 g/mol. The van der Waals surface area contributed by atoms with E-state index in [1.165, 1.54) is 11.3 Å². The van der Waals surface area contributed by atoms with Crippen LogP contribution in [0.5, 0.6) is 0 Å². The molecule has 1 N–H and O–H groups in total. The zero-order valence-corrected chi connectivity index (χ0v) is 12.5. The Morgan fingerprint density at radius 1 is 1.53 bits per heavy atom. The Hall–Kier alpha value is -0.620. The highest BCUT2D eigenvalue weighted by molar-refractivity contribution is 7.16. The Balaban J connectivity index is 1.98. The van der Waals surface area contributed by atoms with Crippen molar-refractivity contribution in [3.63, 3.8) is 0 Å². The predicted molar refractivity (Wildman–Crippen MR) is 75.8 cm³/mol. The molecule has 106 valence electrons. The van der Waals surface area contributed by atoms with Crippen LogP contribution in [0.25, 0.3) is 0 Å². The van der Waals surface area contributed by atoms with Gasteiger partial charge >= 0.3 is 5.97 Å². The van der Waals surface area contributed by atoms with Crippen molar-refractivity contribution >= 4 is 28.9 Å². The average molecular weight is 304 g/mol. The largest absolute Gasteiger partial charge is 0.481 e. The number of nitrogens with zero attached hydrogens (tertiary/aromatic N) is 1. The minimum atomic E-state index is -0.716. The lowest BCUT2D eigenvalue weighted by atomic mass is 9.80. The minimum absolute atomic E-state index is 0.533. The lowest BCUT2D eigenvalue weighted by Crippen LogP contribution is -2.45. The van der Waals surface area contributed by atoms with Gasteiger partial charge in [-0.05, 0) is 32.0 Å². The second-order valence-electron chi connectivity index (χ2n) is 5.08. The van der Waals surface area contributed by atoms with E-state index in [9.17, 15) is 9.90 Å². The molecule has 4 nitrogen and oxygen atoms in total. The predicted octanol–water partition coefficient (Wildman–Crippen LogP) is 2.71. The highest BCUT2D eigenvalue weighted by Crippen LogP contribution is 2.32. The maximum atomic E-state index is 11.6. The first-order chi connectivity index (χ1) is 9.02. The van der Waals surface area contributed by atoms with Crippen LogP contribution in [0.3, 0.4) is 0 Å². The summed E-state index contributed by atoms with van der Waals surface area (Å²) in [6, 6.07) is 3.86. The van der Waals surface area contributed by atoms with Crippen LogP contribution < -0.4 is 0 Å². The Morgan fingerprint density at radius 3 is 2.74 bits per heavy atom. The normalized spacial score (nSPS) is 18.7. The molecule has 0 spiro atoms. The van der Waals surface area contributed by atoms with Crippen LogP contribution in [0.1, 0.15) is 17.7 Å². The second-order valence-corrected chi connectivity index (χ2v) is 6.88. The molecule has 2 rings (SSSR count). The van der Waals surface area contributed by atoms with Gasteiger partial charge in [0.15, 0.2) is 0 Å². The van der Waals surface area contributed by atoms with E-state index in [-0.39, 0.29) is 0 Å². The maximum absolute atomic E-state index is 11.6. The van der Waals surface area contributed by atoms with E-state index in [0.29, 0.717) is 32.6 Å². The summed E-state index contributed by atoms with van der Waals surface area (Å²) >= 11 is 7.44. The summed E-state index contributed by atoms with van der Waals surface area (Å²) in [6.07, 6.45) is 1.16. The van der Waals surface area contributed by atoms with Crippen LogP contribution in [-0.2, 0) is 16.1 Å². The van der Waals surface area contributed by atoms with Crippen molar-refractivity contribution < 1.29 is 14.6 Å². The summed E-state index contributed by atoms with van der Waals surface area (Å²) in [4.78, 5) is 14.8. The van der Waals surface area contributed by atoms with E-state index in [0.717, 1.165) is 15.8 Å². The number of rotatable bonds is 5. The summed E-state index contributed by atoms with van der Waals surface area (Å²) in [5.41, 5.74) is -0.673. The molecule has 1 aromatic heterocycles. The fourth-order valence-electron chi connectivity index (χ4n) is 2.48. The minimum Gasteiger partial charge on any atom is -0.481 e. The lowest BCUT2D eigenvalue weighted by Gasteiger charge is -2.36. The van der Waals surface area contributed by atoms with Crippen molar-refractivity contribution in [3.8, 4) is 0 Å². The second kappa shape index (κ2) is 6.22. The quantitative estimate of drug-likeness (QED) is 0.908. The molecule has 0 saturated carbocycles. The molecule has 1 aromatic rings. The SMILES string of the molecule is CN(Cc1ccc(Cl)s1)CC1(C(=O)O)CCOCC1. The molecule has 1 saturated heterocycles. The maximum Gasteiger partial charge on any atom is 0.311 e. The van der Waals surface area contributed by atoms with E-state index in [2.05, 4.69) is 4.90 Å². The van der Waals surface area contributed by atoms with E-state index in [1.54, 1.807) is 0 Å². The molecular weight excluding hydrogens is 286 g/mol. The van der Waals surface area contributed by atoms with Crippen molar-refractivity contribution in [3.05, 3.63) is 21.3 Å². The highest BCUT2D eigenvalue weighted by Gasteiger charge is 2.41. The van der Waals surface area contributed by atoms with Gasteiger partial charge in [0, 0.05) is 31.2 Å².